The van der Waals surface area contributed by atoms with E-state index in [1.165, 1.54) is 0 Å². The lowest BCUT2D eigenvalue weighted by Crippen LogP contribution is -2.49. The zero-order chi connectivity index (χ0) is 14.3. The van der Waals surface area contributed by atoms with Crippen LogP contribution in [0.1, 0.15) is 46.0 Å². The molecule has 1 aliphatic rings. The molecule has 19 heavy (non-hydrogen) atoms. The van der Waals surface area contributed by atoms with Crippen molar-refractivity contribution in [3.8, 4) is 0 Å². The fourth-order valence-corrected chi connectivity index (χ4v) is 4.15. The van der Waals surface area contributed by atoms with E-state index in [1.807, 2.05) is 14.0 Å². The van der Waals surface area contributed by atoms with Gasteiger partial charge in [0.05, 0.1) is 0 Å². The topological polar surface area (TPSA) is 61.4 Å². The molecule has 0 saturated carbocycles. The lowest BCUT2D eigenvalue weighted by molar-refractivity contribution is 0.259. The normalized spacial score (nSPS) is 23.4. The molecule has 0 radical (unpaired) electrons. The molecule has 2 unspecified atom stereocenters. The first kappa shape index (κ1) is 16.9. The molecular weight excluding hydrogens is 262 g/mol. The molecule has 0 aromatic rings. The van der Waals surface area contributed by atoms with Gasteiger partial charge in [-0.2, -0.15) is 17.4 Å². The molecule has 0 amide bonds. The van der Waals surface area contributed by atoms with Crippen LogP contribution in [0.4, 0.5) is 0 Å². The number of hydrogen-bond donors (Lipinski definition) is 2. The first-order valence-electron chi connectivity index (χ1n) is 7.41. The SMILES string of the molecule is CCCCC(C)NS(=O)(=O)N1CCCC(CNC)C1. The Balaban J connectivity index is 2.51. The van der Waals surface area contributed by atoms with Gasteiger partial charge < -0.3 is 5.32 Å². The number of unbranched alkanes of at least 4 members (excludes halogenated alkanes) is 1. The lowest BCUT2D eigenvalue weighted by atomic mass is 10.00. The van der Waals surface area contributed by atoms with Crippen LogP contribution in [0.25, 0.3) is 0 Å². The van der Waals surface area contributed by atoms with Crippen molar-refractivity contribution in [2.75, 3.05) is 26.7 Å². The molecule has 0 aromatic carbocycles. The van der Waals surface area contributed by atoms with Gasteiger partial charge in [0.1, 0.15) is 0 Å². The van der Waals surface area contributed by atoms with Gasteiger partial charge in [-0.15, -0.1) is 0 Å². The van der Waals surface area contributed by atoms with Crippen molar-refractivity contribution in [1.82, 2.24) is 14.3 Å². The van der Waals surface area contributed by atoms with Crippen LogP contribution in [0.5, 0.6) is 0 Å². The van der Waals surface area contributed by atoms with Crippen LogP contribution in [0.15, 0.2) is 0 Å². The zero-order valence-electron chi connectivity index (χ0n) is 12.5. The summed E-state index contributed by atoms with van der Waals surface area (Å²) in [5, 5.41) is 3.14. The molecular formula is C13H29N3O2S. The minimum Gasteiger partial charge on any atom is -0.319 e. The standard InChI is InChI=1S/C13H29N3O2S/c1-4-5-7-12(2)15-19(17,18)16-9-6-8-13(11-16)10-14-3/h12-15H,4-11H2,1-3H3. The average molecular weight is 291 g/mol. The molecule has 2 atom stereocenters. The van der Waals surface area contributed by atoms with Crippen LogP contribution in [0, 0.1) is 5.92 Å². The van der Waals surface area contributed by atoms with Gasteiger partial charge in [-0.05, 0) is 45.7 Å². The van der Waals surface area contributed by atoms with Crippen molar-refractivity contribution >= 4 is 10.2 Å². The van der Waals surface area contributed by atoms with Crippen molar-refractivity contribution in [2.24, 2.45) is 5.92 Å². The molecule has 1 rings (SSSR count). The lowest BCUT2D eigenvalue weighted by Gasteiger charge is -2.32. The predicted molar refractivity (Wildman–Crippen MR) is 79.3 cm³/mol. The predicted octanol–water partition coefficient (Wildman–Crippen LogP) is 1.33. The molecule has 1 aliphatic heterocycles. The van der Waals surface area contributed by atoms with Gasteiger partial charge in [-0.1, -0.05) is 19.8 Å². The van der Waals surface area contributed by atoms with Crippen LogP contribution in [0.2, 0.25) is 0 Å². The summed E-state index contributed by atoms with van der Waals surface area (Å²) in [6.07, 6.45) is 5.13. The fraction of sp³-hybridized carbons (Fsp3) is 1.00. The van der Waals surface area contributed by atoms with E-state index < -0.39 is 10.2 Å². The van der Waals surface area contributed by atoms with Gasteiger partial charge in [-0.25, -0.2) is 0 Å². The number of rotatable bonds is 8. The van der Waals surface area contributed by atoms with E-state index in [4.69, 9.17) is 0 Å². The smallest absolute Gasteiger partial charge is 0.279 e. The van der Waals surface area contributed by atoms with Gasteiger partial charge in [0.15, 0.2) is 0 Å². The number of nitrogens with zero attached hydrogens (tertiary/aromatic N) is 1. The monoisotopic (exact) mass is 291 g/mol. The molecule has 0 aliphatic carbocycles. The second-order valence-electron chi connectivity index (χ2n) is 5.59. The highest BCUT2D eigenvalue weighted by Crippen LogP contribution is 2.18. The summed E-state index contributed by atoms with van der Waals surface area (Å²) >= 11 is 0. The first-order valence-corrected chi connectivity index (χ1v) is 8.85. The second kappa shape index (κ2) is 8.19. The molecule has 0 bridgehead atoms. The summed E-state index contributed by atoms with van der Waals surface area (Å²) in [6.45, 7) is 6.24. The van der Waals surface area contributed by atoms with E-state index in [2.05, 4.69) is 17.0 Å². The van der Waals surface area contributed by atoms with Gasteiger partial charge >= 0.3 is 0 Å². The van der Waals surface area contributed by atoms with E-state index in [0.29, 0.717) is 19.0 Å². The molecule has 1 heterocycles. The fourth-order valence-electron chi connectivity index (χ4n) is 2.60. The summed E-state index contributed by atoms with van der Waals surface area (Å²) in [5.41, 5.74) is 0. The third-order valence-electron chi connectivity index (χ3n) is 3.66. The largest absolute Gasteiger partial charge is 0.319 e. The molecule has 5 nitrogen and oxygen atoms in total. The Morgan fingerprint density at radius 2 is 2.16 bits per heavy atom. The van der Waals surface area contributed by atoms with Crippen molar-refractivity contribution in [3.05, 3.63) is 0 Å². The maximum Gasteiger partial charge on any atom is 0.279 e. The van der Waals surface area contributed by atoms with Crippen molar-refractivity contribution in [1.29, 1.82) is 0 Å². The number of nitrogens with one attached hydrogen (secondary N) is 2. The first-order chi connectivity index (χ1) is 8.99. The quantitative estimate of drug-likeness (QED) is 0.709. The second-order valence-corrected chi connectivity index (χ2v) is 7.29. The van der Waals surface area contributed by atoms with Crippen LogP contribution in [-0.2, 0) is 10.2 Å². The molecule has 6 heteroatoms. The minimum atomic E-state index is -3.31. The summed E-state index contributed by atoms with van der Waals surface area (Å²) in [7, 11) is -1.39. The Hall–Kier alpha value is -0.170. The van der Waals surface area contributed by atoms with E-state index in [-0.39, 0.29) is 6.04 Å². The number of hydrogen-bond acceptors (Lipinski definition) is 3. The summed E-state index contributed by atoms with van der Waals surface area (Å²) in [5.74, 6) is 0.432. The van der Waals surface area contributed by atoms with E-state index in [0.717, 1.165) is 38.6 Å². The maximum atomic E-state index is 12.3. The van der Waals surface area contributed by atoms with Crippen molar-refractivity contribution in [3.63, 3.8) is 0 Å². The zero-order valence-corrected chi connectivity index (χ0v) is 13.3. The Bertz CT molecular complexity index is 344. The van der Waals surface area contributed by atoms with Crippen LogP contribution in [0.3, 0.4) is 0 Å². The van der Waals surface area contributed by atoms with Crippen LogP contribution in [-0.4, -0.2) is 45.4 Å². The van der Waals surface area contributed by atoms with Crippen LogP contribution < -0.4 is 10.0 Å². The molecule has 2 N–H and O–H groups in total. The van der Waals surface area contributed by atoms with Gasteiger partial charge in [0.25, 0.3) is 10.2 Å². The maximum absolute atomic E-state index is 12.3. The van der Waals surface area contributed by atoms with E-state index in [9.17, 15) is 8.42 Å². The Morgan fingerprint density at radius 3 is 2.79 bits per heavy atom. The van der Waals surface area contributed by atoms with Crippen molar-refractivity contribution < 1.29 is 8.42 Å². The molecule has 0 aromatic heterocycles. The third-order valence-corrected chi connectivity index (χ3v) is 5.37. The minimum absolute atomic E-state index is 0.0228. The Labute approximate surface area is 118 Å². The van der Waals surface area contributed by atoms with Crippen LogP contribution >= 0.6 is 0 Å². The van der Waals surface area contributed by atoms with Gasteiger partial charge in [0, 0.05) is 19.1 Å². The van der Waals surface area contributed by atoms with Gasteiger partial charge in [-0.3, -0.25) is 0 Å². The van der Waals surface area contributed by atoms with Gasteiger partial charge in [0.2, 0.25) is 0 Å². The number of piperidine rings is 1. The highest BCUT2D eigenvalue weighted by molar-refractivity contribution is 7.87. The van der Waals surface area contributed by atoms with E-state index >= 15 is 0 Å². The Morgan fingerprint density at radius 1 is 1.42 bits per heavy atom. The molecule has 1 saturated heterocycles. The van der Waals surface area contributed by atoms with Crippen molar-refractivity contribution in [2.45, 2.75) is 52.0 Å². The molecule has 0 spiro atoms. The Kier molecular flexibility index (Phi) is 7.28. The van der Waals surface area contributed by atoms with E-state index in [1.54, 1.807) is 4.31 Å². The summed E-state index contributed by atoms with van der Waals surface area (Å²) in [4.78, 5) is 0. The summed E-state index contributed by atoms with van der Waals surface area (Å²) in [6, 6.07) is 0.0228. The summed E-state index contributed by atoms with van der Waals surface area (Å²) < 4.78 is 29.0. The highest BCUT2D eigenvalue weighted by Gasteiger charge is 2.29. The average Bonchev–Trinajstić information content (AvgIpc) is 2.36. The highest BCUT2D eigenvalue weighted by atomic mass is 32.2. The third kappa shape index (κ3) is 5.77. The molecule has 1 fully saturated rings. The molecule has 114 valence electrons.